The maximum absolute atomic E-state index is 13.7. The average molecular weight is 471 g/mol. The molecule has 3 heterocycles. The number of aryl methyl sites for hydroxylation is 3. The molecule has 0 unspecified atom stereocenters. The third kappa shape index (κ3) is 4.29. The van der Waals surface area contributed by atoms with E-state index in [4.69, 9.17) is 9.72 Å². The predicted octanol–water partition coefficient (Wildman–Crippen LogP) is 4.41. The summed E-state index contributed by atoms with van der Waals surface area (Å²) in [6.45, 7) is 7.02. The van der Waals surface area contributed by atoms with E-state index in [1.165, 1.54) is 16.6 Å². The Kier molecular flexibility index (Phi) is 6.90. The number of methoxy groups -OCH3 is 1. The van der Waals surface area contributed by atoms with Crippen LogP contribution in [-0.4, -0.2) is 36.9 Å². The molecule has 4 rings (SSSR count). The van der Waals surface area contributed by atoms with Crippen molar-refractivity contribution in [1.29, 1.82) is 0 Å². The predicted molar refractivity (Wildman–Crippen MR) is 128 cm³/mol. The van der Waals surface area contributed by atoms with E-state index in [-0.39, 0.29) is 5.56 Å². The summed E-state index contributed by atoms with van der Waals surface area (Å²) in [6.07, 6.45) is 2.95. The number of hydrogen-bond donors (Lipinski definition) is 0. The normalized spacial score (nSPS) is 11.4. The Labute approximate surface area is 194 Å². The molecule has 32 heavy (non-hydrogen) atoms. The maximum Gasteiger partial charge on any atom is 0.267 e. The number of rotatable bonds is 9. The van der Waals surface area contributed by atoms with Gasteiger partial charge in [0.05, 0.1) is 23.9 Å². The van der Waals surface area contributed by atoms with Gasteiger partial charge < -0.3 is 4.74 Å². The molecule has 0 radical (unpaired) electrons. The first-order chi connectivity index (χ1) is 15.6. The van der Waals surface area contributed by atoms with Crippen molar-refractivity contribution in [3.63, 3.8) is 0 Å². The second kappa shape index (κ2) is 9.83. The molecule has 0 aliphatic heterocycles. The van der Waals surface area contributed by atoms with Crippen LogP contribution in [0.3, 0.4) is 0 Å². The Bertz CT molecular complexity index is 1290. The van der Waals surface area contributed by atoms with Crippen LogP contribution < -0.4 is 10.3 Å². The molecule has 1 aromatic carbocycles. The molecule has 8 nitrogen and oxygen atoms in total. The second-order valence-electron chi connectivity index (χ2n) is 7.38. The van der Waals surface area contributed by atoms with E-state index >= 15 is 0 Å². The minimum atomic E-state index is -0.0650. The van der Waals surface area contributed by atoms with Gasteiger partial charge in [-0.3, -0.25) is 9.36 Å². The molecule has 0 aliphatic carbocycles. The zero-order valence-corrected chi connectivity index (χ0v) is 20.3. The number of thioether (sulfide) groups is 1. The Morgan fingerprint density at radius 3 is 2.84 bits per heavy atom. The van der Waals surface area contributed by atoms with Crippen molar-refractivity contribution in [3.05, 3.63) is 50.9 Å². The summed E-state index contributed by atoms with van der Waals surface area (Å²) in [4.78, 5) is 20.6. The zero-order valence-electron chi connectivity index (χ0n) is 18.7. The van der Waals surface area contributed by atoms with E-state index in [1.807, 2.05) is 35.9 Å². The number of benzene rings is 1. The molecule has 0 aliphatic rings. The average Bonchev–Trinajstić information content (AvgIpc) is 3.39. The lowest BCUT2D eigenvalue weighted by Gasteiger charge is -2.13. The topological polar surface area (TPSA) is 87.7 Å². The number of thiophene rings is 1. The van der Waals surface area contributed by atoms with E-state index in [9.17, 15) is 4.79 Å². The summed E-state index contributed by atoms with van der Waals surface area (Å²) >= 11 is 3.06. The first-order valence-electron chi connectivity index (χ1n) is 10.6. The maximum atomic E-state index is 13.7. The van der Waals surface area contributed by atoms with Crippen LogP contribution in [0.5, 0.6) is 5.75 Å². The Morgan fingerprint density at radius 2 is 2.09 bits per heavy atom. The standard InChI is InChI=1S/C22H26N6O2S2/c1-5-7-11-27-18(24-25-26-27)13-31-22-23-20-19(14(3)17(6-2)32-20)21(29)28(22)15-9-8-10-16(12-15)30-4/h8-10,12H,5-7,11,13H2,1-4H3. The number of fused-ring (bicyclic) bond motifs is 1. The SMILES string of the molecule is CCCCn1nnnc1CSc1nc2sc(CC)c(C)c2c(=O)n1-c1cccc(OC)c1. The molecule has 0 saturated heterocycles. The van der Waals surface area contributed by atoms with Crippen molar-refractivity contribution in [2.45, 2.75) is 57.5 Å². The molecule has 0 fully saturated rings. The highest BCUT2D eigenvalue weighted by atomic mass is 32.2. The molecular formula is C22H26N6O2S2. The van der Waals surface area contributed by atoms with Crippen molar-refractivity contribution >= 4 is 33.3 Å². The molecule has 0 amide bonds. The lowest BCUT2D eigenvalue weighted by Crippen LogP contribution is -2.21. The Hall–Kier alpha value is -2.72. The van der Waals surface area contributed by atoms with Crippen molar-refractivity contribution in [1.82, 2.24) is 29.8 Å². The Morgan fingerprint density at radius 1 is 1.25 bits per heavy atom. The van der Waals surface area contributed by atoms with E-state index in [2.05, 4.69) is 29.4 Å². The highest BCUT2D eigenvalue weighted by Crippen LogP contribution is 2.31. The summed E-state index contributed by atoms with van der Waals surface area (Å²) in [6, 6.07) is 7.49. The van der Waals surface area contributed by atoms with Crippen LogP contribution in [0.1, 0.15) is 43.0 Å². The van der Waals surface area contributed by atoms with Gasteiger partial charge in [0.2, 0.25) is 0 Å². The first-order valence-corrected chi connectivity index (χ1v) is 12.4. The van der Waals surface area contributed by atoms with E-state index < -0.39 is 0 Å². The van der Waals surface area contributed by atoms with Crippen LogP contribution in [0.4, 0.5) is 0 Å². The smallest absolute Gasteiger partial charge is 0.267 e. The summed E-state index contributed by atoms with van der Waals surface area (Å²) in [5.74, 6) is 1.97. The van der Waals surface area contributed by atoms with Gasteiger partial charge in [-0.1, -0.05) is 38.1 Å². The molecule has 0 bridgehead atoms. The fraction of sp³-hybridized carbons (Fsp3) is 0.409. The minimum absolute atomic E-state index is 0.0650. The number of ether oxygens (including phenoxy) is 1. The molecule has 0 atom stereocenters. The van der Waals surface area contributed by atoms with Gasteiger partial charge in [0.15, 0.2) is 11.0 Å². The number of tetrazole rings is 1. The molecule has 4 aromatic rings. The van der Waals surface area contributed by atoms with Crippen LogP contribution >= 0.6 is 23.1 Å². The van der Waals surface area contributed by atoms with E-state index in [0.29, 0.717) is 22.0 Å². The second-order valence-corrected chi connectivity index (χ2v) is 9.41. The minimum Gasteiger partial charge on any atom is -0.497 e. The largest absolute Gasteiger partial charge is 0.497 e. The van der Waals surface area contributed by atoms with Crippen LogP contribution in [-0.2, 0) is 18.7 Å². The van der Waals surface area contributed by atoms with Crippen LogP contribution in [0, 0.1) is 6.92 Å². The fourth-order valence-electron chi connectivity index (χ4n) is 3.56. The van der Waals surface area contributed by atoms with Crippen LogP contribution in [0.15, 0.2) is 34.2 Å². The number of nitrogens with zero attached hydrogens (tertiary/aromatic N) is 6. The number of aromatic nitrogens is 6. The highest BCUT2D eigenvalue weighted by Gasteiger charge is 2.20. The molecule has 0 saturated carbocycles. The molecule has 10 heteroatoms. The highest BCUT2D eigenvalue weighted by molar-refractivity contribution is 7.98. The van der Waals surface area contributed by atoms with E-state index in [0.717, 1.165) is 47.7 Å². The monoisotopic (exact) mass is 470 g/mol. The third-order valence-corrected chi connectivity index (χ3v) is 7.59. The van der Waals surface area contributed by atoms with Crippen molar-refractivity contribution < 1.29 is 4.74 Å². The van der Waals surface area contributed by atoms with Gasteiger partial charge >= 0.3 is 0 Å². The summed E-state index contributed by atoms with van der Waals surface area (Å²) in [5, 5.41) is 13.4. The van der Waals surface area contributed by atoms with Gasteiger partial charge in [0, 0.05) is 17.5 Å². The molecule has 0 N–H and O–H groups in total. The Balaban J connectivity index is 1.81. The molecular weight excluding hydrogens is 444 g/mol. The van der Waals surface area contributed by atoms with Crippen LogP contribution in [0.2, 0.25) is 0 Å². The van der Waals surface area contributed by atoms with Crippen molar-refractivity contribution in [2.75, 3.05) is 7.11 Å². The van der Waals surface area contributed by atoms with Gasteiger partial charge in [0.25, 0.3) is 5.56 Å². The summed E-state index contributed by atoms with van der Waals surface area (Å²) in [7, 11) is 1.62. The number of hydrogen-bond acceptors (Lipinski definition) is 8. The summed E-state index contributed by atoms with van der Waals surface area (Å²) < 4.78 is 8.89. The lowest BCUT2D eigenvalue weighted by atomic mass is 10.2. The van der Waals surface area contributed by atoms with Gasteiger partial charge in [-0.15, -0.1) is 16.4 Å². The fourth-order valence-corrected chi connectivity index (χ4v) is 5.66. The van der Waals surface area contributed by atoms with Gasteiger partial charge in [-0.25, -0.2) is 9.67 Å². The summed E-state index contributed by atoms with van der Waals surface area (Å²) in [5.41, 5.74) is 1.67. The first kappa shape index (κ1) is 22.5. The molecule has 3 aromatic heterocycles. The van der Waals surface area contributed by atoms with Gasteiger partial charge in [0.1, 0.15) is 10.6 Å². The zero-order chi connectivity index (χ0) is 22.7. The van der Waals surface area contributed by atoms with Crippen molar-refractivity contribution in [3.8, 4) is 11.4 Å². The van der Waals surface area contributed by atoms with Gasteiger partial charge in [-0.05, 0) is 47.9 Å². The van der Waals surface area contributed by atoms with E-state index in [1.54, 1.807) is 23.0 Å². The lowest BCUT2D eigenvalue weighted by molar-refractivity contribution is 0.414. The van der Waals surface area contributed by atoms with Crippen LogP contribution in [0.25, 0.3) is 15.9 Å². The number of unbranched alkanes of at least 4 members (excludes halogenated alkanes) is 1. The third-order valence-electron chi connectivity index (χ3n) is 5.32. The van der Waals surface area contributed by atoms with Crippen molar-refractivity contribution in [2.24, 2.45) is 0 Å². The quantitative estimate of drug-likeness (QED) is 0.264. The molecule has 0 spiro atoms. The molecule has 168 valence electrons. The van der Waals surface area contributed by atoms with Gasteiger partial charge in [-0.2, -0.15) is 0 Å².